The van der Waals surface area contributed by atoms with Gasteiger partial charge in [-0.05, 0) is 53.9 Å². The van der Waals surface area contributed by atoms with Crippen LogP contribution in [0.5, 0.6) is 0 Å². The minimum Gasteiger partial charge on any atom is -0.280 e. The molecule has 1 N–H and O–H groups in total. The summed E-state index contributed by atoms with van der Waals surface area (Å²) in [5.74, 6) is 0.577. The number of rotatable bonds is 5. The van der Waals surface area contributed by atoms with Gasteiger partial charge in [-0.2, -0.15) is 22.8 Å². The van der Waals surface area contributed by atoms with Gasteiger partial charge in [-0.3, -0.25) is 4.72 Å². The number of sulfonamides is 1. The van der Waals surface area contributed by atoms with Crippen LogP contribution in [0.4, 0.5) is 18.9 Å². The minimum atomic E-state index is -4.65. The van der Waals surface area contributed by atoms with Gasteiger partial charge in [0.2, 0.25) is 0 Å². The molecule has 2 aromatic carbocycles. The average Bonchev–Trinajstić information content (AvgIpc) is 3.48. The van der Waals surface area contributed by atoms with Crippen LogP contribution in [0.25, 0.3) is 27.6 Å². The highest BCUT2D eigenvalue weighted by molar-refractivity contribution is 7.92. The molecule has 3 heterocycles. The van der Waals surface area contributed by atoms with Crippen LogP contribution in [0.3, 0.4) is 0 Å². The lowest BCUT2D eigenvalue weighted by Gasteiger charge is -2.12. The number of nitrogens with one attached hydrogen (secondary N) is 1. The first-order chi connectivity index (χ1) is 16.2. The maximum absolute atomic E-state index is 13.0. The predicted molar refractivity (Wildman–Crippen MR) is 122 cm³/mol. The molecule has 172 valence electrons. The van der Waals surface area contributed by atoms with Crippen molar-refractivity contribution in [3.63, 3.8) is 0 Å². The van der Waals surface area contributed by atoms with Crippen molar-refractivity contribution in [2.75, 3.05) is 4.72 Å². The standard InChI is InChI=1S/C22H14F3N5O2S2/c23-22(24,25)15-5-2-7-17(13-15)34(31,32)29-16-6-1-4-14(12-16)18-9-10-20-26-27-21(30(20)28-18)19-8-3-11-33-19/h1-13,29H. The lowest BCUT2D eigenvalue weighted by Crippen LogP contribution is -2.14. The van der Waals surface area contributed by atoms with E-state index in [0.29, 0.717) is 28.8 Å². The molecule has 0 saturated carbocycles. The van der Waals surface area contributed by atoms with E-state index in [1.165, 1.54) is 17.4 Å². The van der Waals surface area contributed by atoms with Crippen LogP contribution in [0.15, 0.2) is 83.1 Å². The number of hydrogen-bond donors (Lipinski definition) is 1. The molecule has 0 fully saturated rings. The van der Waals surface area contributed by atoms with Crippen molar-refractivity contribution in [2.45, 2.75) is 11.1 Å². The number of anilines is 1. The second-order valence-corrected chi connectivity index (χ2v) is 9.83. The molecule has 34 heavy (non-hydrogen) atoms. The summed E-state index contributed by atoms with van der Waals surface area (Å²) in [5, 5.41) is 14.8. The fraction of sp³-hybridized carbons (Fsp3) is 0.0455. The molecule has 12 heteroatoms. The third-order valence-electron chi connectivity index (χ3n) is 4.89. The Morgan fingerprint density at radius 1 is 0.912 bits per heavy atom. The molecule has 0 amide bonds. The zero-order chi connectivity index (χ0) is 23.9. The van der Waals surface area contributed by atoms with Crippen LogP contribution in [0.1, 0.15) is 5.56 Å². The van der Waals surface area contributed by atoms with Gasteiger partial charge in [0.05, 0.1) is 21.0 Å². The normalized spacial score (nSPS) is 12.2. The Morgan fingerprint density at radius 2 is 1.74 bits per heavy atom. The first kappa shape index (κ1) is 22.0. The number of halogens is 3. The van der Waals surface area contributed by atoms with Crippen molar-refractivity contribution in [3.05, 3.63) is 83.7 Å². The van der Waals surface area contributed by atoms with Crippen LogP contribution < -0.4 is 4.72 Å². The largest absolute Gasteiger partial charge is 0.416 e. The number of aromatic nitrogens is 4. The molecular weight excluding hydrogens is 487 g/mol. The van der Waals surface area contributed by atoms with E-state index < -0.39 is 26.7 Å². The lowest BCUT2D eigenvalue weighted by atomic mass is 10.1. The minimum absolute atomic E-state index is 0.180. The number of thiophene rings is 1. The van der Waals surface area contributed by atoms with Gasteiger partial charge in [0.25, 0.3) is 10.0 Å². The summed E-state index contributed by atoms with van der Waals surface area (Å²) in [4.78, 5) is 0.400. The van der Waals surface area contributed by atoms with E-state index in [9.17, 15) is 21.6 Å². The number of alkyl halides is 3. The Bertz CT molecular complexity index is 1600. The van der Waals surface area contributed by atoms with Crippen molar-refractivity contribution < 1.29 is 21.6 Å². The van der Waals surface area contributed by atoms with Crippen molar-refractivity contribution in [1.82, 2.24) is 19.8 Å². The molecule has 5 aromatic rings. The molecule has 0 spiro atoms. The van der Waals surface area contributed by atoms with Crippen LogP contribution in [-0.2, 0) is 16.2 Å². The molecule has 5 rings (SSSR count). The monoisotopic (exact) mass is 501 g/mol. The van der Waals surface area contributed by atoms with E-state index >= 15 is 0 Å². The number of fused-ring (bicyclic) bond motifs is 1. The smallest absolute Gasteiger partial charge is 0.280 e. The number of benzene rings is 2. The zero-order valence-electron chi connectivity index (χ0n) is 17.1. The maximum Gasteiger partial charge on any atom is 0.416 e. The van der Waals surface area contributed by atoms with Crippen molar-refractivity contribution in [3.8, 4) is 22.0 Å². The Balaban J connectivity index is 1.48. The molecule has 0 radical (unpaired) electrons. The highest BCUT2D eigenvalue weighted by atomic mass is 32.2. The van der Waals surface area contributed by atoms with Crippen molar-refractivity contribution in [1.29, 1.82) is 0 Å². The van der Waals surface area contributed by atoms with Gasteiger partial charge in [-0.15, -0.1) is 21.5 Å². The van der Waals surface area contributed by atoms with Gasteiger partial charge in [0.15, 0.2) is 11.5 Å². The van der Waals surface area contributed by atoms with E-state index in [2.05, 4.69) is 20.0 Å². The highest BCUT2D eigenvalue weighted by Crippen LogP contribution is 2.31. The molecule has 0 bridgehead atoms. The molecule has 0 aliphatic carbocycles. The first-order valence-corrected chi connectivity index (χ1v) is 12.1. The fourth-order valence-corrected chi connectivity index (χ4v) is 5.09. The lowest BCUT2D eigenvalue weighted by molar-refractivity contribution is -0.137. The molecular formula is C22H14F3N5O2S2. The van der Waals surface area contributed by atoms with Crippen molar-refractivity contribution in [2.24, 2.45) is 0 Å². The molecule has 0 atom stereocenters. The summed E-state index contributed by atoms with van der Waals surface area (Å²) >= 11 is 1.50. The SMILES string of the molecule is O=S(=O)(Nc1cccc(-c2ccc3nnc(-c4cccs4)n3n2)c1)c1cccc(C(F)(F)F)c1. The number of hydrogen-bond acceptors (Lipinski definition) is 6. The first-order valence-electron chi connectivity index (χ1n) is 9.78. The van der Waals surface area contributed by atoms with Gasteiger partial charge in [-0.1, -0.05) is 24.3 Å². The second kappa shape index (κ2) is 8.22. The fourth-order valence-electron chi connectivity index (χ4n) is 3.30. The Labute approximate surface area is 195 Å². The van der Waals surface area contributed by atoms with Gasteiger partial charge >= 0.3 is 6.18 Å². The van der Waals surface area contributed by atoms with Gasteiger partial charge < -0.3 is 0 Å². The Hall–Kier alpha value is -3.77. The molecule has 3 aromatic heterocycles. The Morgan fingerprint density at radius 3 is 2.50 bits per heavy atom. The van der Waals surface area contributed by atoms with E-state index in [-0.39, 0.29) is 5.69 Å². The third kappa shape index (κ3) is 4.24. The predicted octanol–water partition coefficient (Wildman–Crippen LogP) is 5.34. The van der Waals surface area contributed by atoms with Gasteiger partial charge in [-0.25, -0.2) is 8.42 Å². The summed E-state index contributed by atoms with van der Waals surface area (Å²) < 4.78 is 68.4. The summed E-state index contributed by atoms with van der Waals surface area (Å²) in [6.07, 6.45) is -4.65. The van der Waals surface area contributed by atoms with E-state index in [0.717, 1.165) is 23.1 Å². The summed E-state index contributed by atoms with van der Waals surface area (Å²) in [6, 6.07) is 17.3. The maximum atomic E-state index is 13.0. The zero-order valence-corrected chi connectivity index (χ0v) is 18.7. The average molecular weight is 502 g/mol. The molecule has 7 nitrogen and oxygen atoms in total. The Kier molecular flexibility index (Phi) is 5.33. The molecule has 0 aliphatic heterocycles. The topological polar surface area (TPSA) is 89.2 Å². The molecule has 0 unspecified atom stereocenters. The summed E-state index contributed by atoms with van der Waals surface area (Å²) in [7, 11) is -4.25. The molecule has 0 aliphatic rings. The van der Waals surface area contributed by atoms with E-state index in [1.807, 2.05) is 17.5 Å². The van der Waals surface area contributed by atoms with E-state index in [4.69, 9.17) is 0 Å². The van der Waals surface area contributed by atoms with Gasteiger partial charge in [0.1, 0.15) is 0 Å². The summed E-state index contributed by atoms with van der Waals surface area (Å²) in [5.41, 5.74) is 0.812. The highest BCUT2D eigenvalue weighted by Gasteiger charge is 2.31. The van der Waals surface area contributed by atoms with Crippen LogP contribution in [0, 0.1) is 0 Å². The van der Waals surface area contributed by atoms with Crippen molar-refractivity contribution >= 4 is 32.7 Å². The second-order valence-electron chi connectivity index (χ2n) is 7.20. The quantitative estimate of drug-likeness (QED) is 0.351. The van der Waals surface area contributed by atoms with Crippen LogP contribution in [0.2, 0.25) is 0 Å². The molecule has 0 saturated heterocycles. The van der Waals surface area contributed by atoms with Gasteiger partial charge in [0, 0.05) is 11.3 Å². The number of nitrogens with zero attached hydrogens (tertiary/aromatic N) is 4. The third-order valence-corrected chi connectivity index (χ3v) is 7.13. The van der Waals surface area contributed by atoms with Crippen LogP contribution in [-0.4, -0.2) is 28.2 Å². The van der Waals surface area contributed by atoms with E-state index in [1.54, 1.807) is 34.8 Å². The summed E-state index contributed by atoms with van der Waals surface area (Å²) in [6.45, 7) is 0. The van der Waals surface area contributed by atoms with Crippen LogP contribution >= 0.6 is 11.3 Å².